The summed E-state index contributed by atoms with van der Waals surface area (Å²) in [6.45, 7) is 3.26. The first-order chi connectivity index (χ1) is 14.7. The molecule has 0 amide bonds. The molecule has 1 saturated carbocycles. The van der Waals surface area contributed by atoms with Crippen LogP contribution >= 0.6 is 11.6 Å². The molecule has 5 nitrogen and oxygen atoms in total. The SMILES string of the molecule is CC(O)CN(C)Cc1ccc([C@H]2CC[C@H](N(C)S(=O)(=O)c3ccc(Cl)cc3)CC2)cc1. The molecule has 2 aromatic carbocycles. The van der Waals surface area contributed by atoms with E-state index in [-0.39, 0.29) is 17.0 Å². The van der Waals surface area contributed by atoms with Crippen molar-refractivity contribution in [1.29, 1.82) is 0 Å². The maximum absolute atomic E-state index is 12.9. The lowest BCUT2D eigenvalue weighted by atomic mass is 9.81. The van der Waals surface area contributed by atoms with Crippen LogP contribution in [0.15, 0.2) is 53.4 Å². The highest BCUT2D eigenvalue weighted by Crippen LogP contribution is 2.36. The van der Waals surface area contributed by atoms with Crippen LogP contribution in [0.1, 0.15) is 49.7 Å². The van der Waals surface area contributed by atoms with Crippen molar-refractivity contribution in [2.45, 2.75) is 62.1 Å². The molecule has 3 rings (SSSR count). The van der Waals surface area contributed by atoms with E-state index in [1.54, 1.807) is 38.2 Å². The van der Waals surface area contributed by atoms with E-state index in [1.807, 2.05) is 7.05 Å². The van der Waals surface area contributed by atoms with Crippen molar-refractivity contribution in [2.24, 2.45) is 0 Å². The monoisotopic (exact) mass is 464 g/mol. The van der Waals surface area contributed by atoms with E-state index in [9.17, 15) is 13.5 Å². The van der Waals surface area contributed by atoms with Gasteiger partial charge in [-0.3, -0.25) is 4.90 Å². The number of benzene rings is 2. The van der Waals surface area contributed by atoms with Crippen molar-refractivity contribution < 1.29 is 13.5 Å². The molecule has 170 valence electrons. The van der Waals surface area contributed by atoms with Gasteiger partial charge < -0.3 is 5.11 Å². The molecule has 0 aliphatic heterocycles. The number of aliphatic hydroxyl groups excluding tert-OH is 1. The molecule has 1 unspecified atom stereocenters. The largest absolute Gasteiger partial charge is 0.392 e. The van der Waals surface area contributed by atoms with E-state index >= 15 is 0 Å². The Bertz CT molecular complexity index is 938. The number of halogens is 1. The fourth-order valence-corrected chi connectivity index (χ4v) is 6.01. The van der Waals surface area contributed by atoms with Gasteiger partial charge in [-0.05, 0) is 81.0 Å². The van der Waals surface area contributed by atoms with E-state index in [0.29, 0.717) is 17.5 Å². The predicted octanol–water partition coefficient (Wildman–Crippen LogP) is 4.50. The summed E-state index contributed by atoms with van der Waals surface area (Å²) in [5, 5.41) is 10.0. The highest BCUT2D eigenvalue weighted by Gasteiger charge is 2.31. The van der Waals surface area contributed by atoms with Crippen molar-refractivity contribution in [1.82, 2.24) is 9.21 Å². The molecular weight excluding hydrogens is 432 g/mol. The molecule has 2 aromatic rings. The summed E-state index contributed by atoms with van der Waals surface area (Å²) in [5.41, 5.74) is 2.55. The van der Waals surface area contributed by atoms with Crippen LogP contribution in [0.4, 0.5) is 0 Å². The van der Waals surface area contributed by atoms with Crippen molar-refractivity contribution in [3.63, 3.8) is 0 Å². The Morgan fingerprint density at radius 2 is 1.58 bits per heavy atom. The summed E-state index contributed by atoms with van der Waals surface area (Å²) >= 11 is 5.90. The number of nitrogens with zero attached hydrogens (tertiary/aromatic N) is 2. The second-order valence-corrected chi connectivity index (χ2v) is 11.2. The van der Waals surface area contributed by atoms with Crippen LogP contribution in [0.2, 0.25) is 5.02 Å². The fraction of sp³-hybridized carbons (Fsp3) is 0.500. The third kappa shape index (κ3) is 6.30. The zero-order valence-corrected chi connectivity index (χ0v) is 20.1. The van der Waals surface area contributed by atoms with Crippen molar-refractivity contribution in [3.8, 4) is 0 Å². The van der Waals surface area contributed by atoms with Crippen molar-refractivity contribution >= 4 is 21.6 Å². The predicted molar refractivity (Wildman–Crippen MR) is 126 cm³/mol. The average Bonchev–Trinajstić information content (AvgIpc) is 2.73. The first kappa shape index (κ1) is 24.2. The Morgan fingerprint density at radius 3 is 2.13 bits per heavy atom. The minimum absolute atomic E-state index is 0.0188. The summed E-state index contributed by atoms with van der Waals surface area (Å²) in [6, 6.07) is 15.1. The van der Waals surface area contributed by atoms with Gasteiger partial charge in [-0.2, -0.15) is 4.31 Å². The van der Waals surface area contributed by atoms with Crippen LogP contribution < -0.4 is 0 Å². The van der Waals surface area contributed by atoms with Gasteiger partial charge >= 0.3 is 0 Å². The lowest BCUT2D eigenvalue weighted by Crippen LogP contribution is -2.39. The topological polar surface area (TPSA) is 60.9 Å². The first-order valence-corrected chi connectivity index (χ1v) is 12.7. The summed E-state index contributed by atoms with van der Waals surface area (Å²) in [4.78, 5) is 2.40. The molecule has 0 bridgehead atoms. The van der Waals surface area contributed by atoms with Gasteiger partial charge in [0, 0.05) is 31.2 Å². The normalized spacial score (nSPS) is 20.9. The number of likely N-dealkylation sites (N-methyl/N-ethyl adjacent to an activating group) is 1. The lowest BCUT2D eigenvalue weighted by molar-refractivity contribution is 0.138. The number of aliphatic hydroxyl groups is 1. The van der Waals surface area contributed by atoms with Gasteiger partial charge in [0.1, 0.15) is 0 Å². The molecular formula is C24H33ClN2O3S. The quantitative estimate of drug-likeness (QED) is 0.624. The molecule has 1 N–H and O–H groups in total. The van der Waals surface area contributed by atoms with Crippen molar-refractivity contribution in [2.75, 3.05) is 20.6 Å². The number of hydrogen-bond donors (Lipinski definition) is 1. The van der Waals surface area contributed by atoms with Gasteiger partial charge in [-0.1, -0.05) is 35.9 Å². The molecule has 31 heavy (non-hydrogen) atoms. The van der Waals surface area contributed by atoms with Crippen LogP contribution in [0.5, 0.6) is 0 Å². The Balaban J connectivity index is 1.57. The molecule has 1 aliphatic carbocycles. The van der Waals surface area contributed by atoms with Gasteiger partial charge in [0.2, 0.25) is 10.0 Å². The van der Waals surface area contributed by atoms with Crippen LogP contribution in [0.3, 0.4) is 0 Å². The van der Waals surface area contributed by atoms with Gasteiger partial charge in [-0.25, -0.2) is 8.42 Å². The van der Waals surface area contributed by atoms with Gasteiger partial charge in [0.25, 0.3) is 0 Å². The van der Waals surface area contributed by atoms with Gasteiger partial charge in [0.15, 0.2) is 0 Å². The molecule has 0 spiro atoms. The van der Waals surface area contributed by atoms with Gasteiger partial charge in [0.05, 0.1) is 11.0 Å². The minimum atomic E-state index is -3.51. The first-order valence-electron chi connectivity index (χ1n) is 10.9. The average molecular weight is 465 g/mol. The zero-order valence-electron chi connectivity index (χ0n) is 18.5. The maximum atomic E-state index is 12.9. The van der Waals surface area contributed by atoms with Crippen LogP contribution in [-0.2, 0) is 16.6 Å². The Labute approximate surface area is 191 Å². The molecule has 0 heterocycles. The third-order valence-electron chi connectivity index (χ3n) is 6.18. The summed E-state index contributed by atoms with van der Waals surface area (Å²) in [6.07, 6.45) is 3.33. The molecule has 1 atom stereocenters. The number of sulfonamides is 1. The molecule has 1 fully saturated rings. The summed E-state index contributed by atoms with van der Waals surface area (Å²) < 4.78 is 27.4. The van der Waals surface area contributed by atoms with Crippen LogP contribution in [0.25, 0.3) is 0 Å². The molecule has 0 radical (unpaired) electrons. The van der Waals surface area contributed by atoms with E-state index in [1.165, 1.54) is 15.4 Å². The third-order valence-corrected chi connectivity index (χ3v) is 8.36. The van der Waals surface area contributed by atoms with Gasteiger partial charge in [-0.15, -0.1) is 0 Å². The summed E-state index contributed by atoms with van der Waals surface area (Å²) in [7, 11) is 0.187. The summed E-state index contributed by atoms with van der Waals surface area (Å²) in [5.74, 6) is 0.465. The highest BCUT2D eigenvalue weighted by molar-refractivity contribution is 7.89. The Morgan fingerprint density at radius 1 is 1.00 bits per heavy atom. The van der Waals surface area contributed by atoms with Crippen LogP contribution in [0, 0.1) is 0 Å². The van der Waals surface area contributed by atoms with E-state index in [0.717, 1.165) is 32.2 Å². The Kier molecular flexibility index (Phi) is 8.16. The standard InChI is InChI=1S/C24H33ClN2O3S/c1-18(28)16-26(2)17-19-4-6-20(7-5-19)21-8-12-23(13-9-21)27(3)31(29,30)24-14-10-22(25)11-15-24/h4-7,10-11,14-15,18,21,23,28H,8-9,12-13,16-17H2,1-3H3/t18?,21-,23-. The second kappa shape index (κ2) is 10.5. The fourth-order valence-electron chi connectivity index (χ4n) is 4.46. The molecule has 1 aliphatic rings. The molecule has 0 saturated heterocycles. The molecule has 0 aromatic heterocycles. The van der Waals surface area contributed by atoms with E-state index < -0.39 is 10.0 Å². The maximum Gasteiger partial charge on any atom is 0.243 e. The molecule has 7 heteroatoms. The van der Waals surface area contributed by atoms with E-state index in [4.69, 9.17) is 11.6 Å². The van der Waals surface area contributed by atoms with Crippen molar-refractivity contribution in [3.05, 3.63) is 64.7 Å². The smallest absolute Gasteiger partial charge is 0.243 e. The second-order valence-electron chi connectivity index (χ2n) is 8.77. The van der Waals surface area contributed by atoms with Crippen LogP contribution in [-0.4, -0.2) is 55.5 Å². The lowest BCUT2D eigenvalue weighted by Gasteiger charge is -2.34. The minimum Gasteiger partial charge on any atom is -0.392 e. The van der Waals surface area contributed by atoms with E-state index in [2.05, 4.69) is 29.2 Å². The number of hydrogen-bond acceptors (Lipinski definition) is 4. The highest BCUT2D eigenvalue weighted by atomic mass is 35.5. The zero-order chi connectivity index (χ0) is 22.6. The Hall–Kier alpha value is -1.44. The number of rotatable bonds is 8.